The van der Waals surface area contributed by atoms with Crippen molar-refractivity contribution in [2.45, 2.75) is 44.6 Å². The van der Waals surface area contributed by atoms with Gasteiger partial charge in [-0.2, -0.15) is 0 Å². The molecule has 1 saturated carbocycles. The van der Waals surface area contributed by atoms with E-state index in [1.165, 1.54) is 11.6 Å². The second-order valence-corrected chi connectivity index (χ2v) is 8.32. The van der Waals surface area contributed by atoms with E-state index in [1.54, 1.807) is 24.3 Å². The second-order valence-electron chi connectivity index (χ2n) is 7.92. The number of rotatable bonds is 4. The van der Waals surface area contributed by atoms with Gasteiger partial charge in [0.15, 0.2) is 0 Å². The summed E-state index contributed by atoms with van der Waals surface area (Å²) in [6.45, 7) is 2.07. The highest BCUT2D eigenvalue weighted by molar-refractivity contribution is 6.33. The van der Waals surface area contributed by atoms with Crippen LogP contribution in [-0.2, 0) is 0 Å². The van der Waals surface area contributed by atoms with Crippen molar-refractivity contribution in [3.8, 4) is 0 Å². The zero-order valence-corrected chi connectivity index (χ0v) is 17.1. The van der Waals surface area contributed by atoms with Crippen molar-refractivity contribution in [2.24, 2.45) is 5.92 Å². The Morgan fingerprint density at radius 1 is 1.14 bits per heavy atom. The molecule has 3 nitrogen and oxygen atoms in total. The number of carbonyl (C=O) groups excluding carboxylic acids is 1. The molecule has 3 aromatic rings. The lowest BCUT2D eigenvalue weighted by Crippen LogP contribution is -2.39. The third-order valence-electron chi connectivity index (χ3n) is 6.13. The monoisotopic (exact) mass is 410 g/mol. The fraction of sp³-hybridized carbons (Fsp3) is 0.333. The number of hydrogen-bond acceptors (Lipinski definition) is 2. The molecule has 2 aromatic carbocycles. The summed E-state index contributed by atoms with van der Waals surface area (Å²) in [7, 11) is 0. The van der Waals surface area contributed by atoms with Crippen LogP contribution in [0.2, 0.25) is 5.02 Å². The van der Waals surface area contributed by atoms with Crippen molar-refractivity contribution < 1.29 is 9.18 Å². The predicted molar refractivity (Wildman–Crippen MR) is 115 cm³/mol. The van der Waals surface area contributed by atoms with E-state index in [4.69, 9.17) is 11.6 Å². The van der Waals surface area contributed by atoms with Gasteiger partial charge in [0.1, 0.15) is 5.82 Å². The molecule has 0 spiro atoms. The Labute approximate surface area is 175 Å². The van der Waals surface area contributed by atoms with Crippen LogP contribution in [-0.4, -0.2) is 16.9 Å². The molecular formula is C24H24ClFN2O. The van der Waals surface area contributed by atoms with Crippen molar-refractivity contribution >= 4 is 28.4 Å². The minimum absolute atomic E-state index is 0.0753. The molecule has 1 heterocycles. The molecule has 1 N–H and O–H groups in total. The van der Waals surface area contributed by atoms with Crippen LogP contribution >= 0.6 is 11.6 Å². The number of pyridine rings is 1. The van der Waals surface area contributed by atoms with E-state index < -0.39 is 0 Å². The van der Waals surface area contributed by atoms with E-state index in [-0.39, 0.29) is 17.8 Å². The molecule has 1 aromatic heterocycles. The summed E-state index contributed by atoms with van der Waals surface area (Å²) in [4.78, 5) is 16.9. The van der Waals surface area contributed by atoms with Gasteiger partial charge in [0.2, 0.25) is 0 Å². The topological polar surface area (TPSA) is 42.0 Å². The first-order valence-electron chi connectivity index (χ1n) is 10.1. The van der Waals surface area contributed by atoms with Gasteiger partial charge in [-0.1, -0.05) is 23.7 Å². The molecule has 0 bridgehead atoms. The standard InChI is InChI=1S/C24H24ClFN2O/c1-15(28-24(29)20-4-2-3-5-22(20)25)16-6-8-17(9-7-16)19-12-13-27-23-11-10-18(26)14-21(19)23/h2-5,10-17H,6-9H2,1H3,(H,28,29)/t15-,16-,17-/m1/s1. The number of fused-ring (bicyclic) bond motifs is 1. The van der Waals surface area contributed by atoms with E-state index >= 15 is 0 Å². The van der Waals surface area contributed by atoms with Crippen molar-refractivity contribution in [1.82, 2.24) is 10.3 Å². The van der Waals surface area contributed by atoms with E-state index in [0.29, 0.717) is 22.4 Å². The van der Waals surface area contributed by atoms with E-state index in [2.05, 4.69) is 17.2 Å². The molecule has 5 heteroatoms. The summed E-state index contributed by atoms with van der Waals surface area (Å²) in [5, 5.41) is 4.50. The van der Waals surface area contributed by atoms with Crippen LogP contribution in [0, 0.1) is 11.7 Å². The molecule has 1 atom stereocenters. The Kier molecular flexibility index (Phi) is 5.81. The first-order chi connectivity index (χ1) is 14.0. The van der Waals surface area contributed by atoms with Crippen LogP contribution in [0.4, 0.5) is 4.39 Å². The summed E-state index contributed by atoms with van der Waals surface area (Å²) >= 11 is 6.14. The fourth-order valence-corrected chi connectivity index (χ4v) is 4.70. The Hall–Kier alpha value is -2.46. The normalized spacial score (nSPS) is 20.4. The number of nitrogens with one attached hydrogen (secondary N) is 1. The molecule has 1 fully saturated rings. The van der Waals surface area contributed by atoms with Crippen LogP contribution in [0.5, 0.6) is 0 Å². The molecule has 4 rings (SSSR count). The minimum atomic E-state index is -0.226. The minimum Gasteiger partial charge on any atom is -0.349 e. The number of benzene rings is 2. The Morgan fingerprint density at radius 3 is 2.66 bits per heavy atom. The van der Waals surface area contributed by atoms with Crippen LogP contribution in [0.3, 0.4) is 0 Å². The SMILES string of the molecule is C[C@@H](NC(=O)c1ccccc1Cl)[C@H]1CC[C@H](c2ccnc3ccc(F)cc32)CC1. The molecule has 29 heavy (non-hydrogen) atoms. The van der Waals surface area contributed by atoms with Gasteiger partial charge in [0.25, 0.3) is 5.91 Å². The first-order valence-corrected chi connectivity index (χ1v) is 10.5. The maximum absolute atomic E-state index is 13.8. The molecule has 0 aliphatic heterocycles. The van der Waals surface area contributed by atoms with Crippen LogP contribution in [0.15, 0.2) is 54.7 Å². The van der Waals surface area contributed by atoms with Crippen LogP contribution in [0.25, 0.3) is 10.9 Å². The van der Waals surface area contributed by atoms with Gasteiger partial charge in [-0.3, -0.25) is 9.78 Å². The molecule has 1 amide bonds. The molecule has 150 valence electrons. The lowest BCUT2D eigenvalue weighted by molar-refractivity contribution is 0.0918. The highest BCUT2D eigenvalue weighted by Crippen LogP contribution is 2.39. The largest absolute Gasteiger partial charge is 0.349 e. The van der Waals surface area contributed by atoms with Gasteiger partial charge in [0.05, 0.1) is 16.1 Å². The summed E-state index contributed by atoms with van der Waals surface area (Å²) in [5.41, 5.74) is 2.53. The van der Waals surface area contributed by atoms with Gasteiger partial charge in [-0.25, -0.2) is 4.39 Å². The van der Waals surface area contributed by atoms with Crippen LogP contribution in [0.1, 0.15) is 54.4 Å². The predicted octanol–water partition coefficient (Wildman–Crippen LogP) is 6.12. The maximum Gasteiger partial charge on any atom is 0.253 e. The van der Waals surface area contributed by atoms with Gasteiger partial charge in [0, 0.05) is 17.6 Å². The Bertz CT molecular complexity index is 1030. The van der Waals surface area contributed by atoms with Gasteiger partial charge in [-0.15, -0.1) is 0 Å². The van der Waals surface area contributed by atoms with E-state index in [9.17, 15) is 9.18 Å². The number of halogens is 2. The third-order valence-corrected chi connectivity index (χ3v) is 6.46. The quantitative estimate of drug-likeness (QED) is 0.563. The number of nitrogens with zero attached hydrogens (tertiary/aromatic N) is 1. The molecule has 1 aliphatic carbocycles. The zero-order valence-electron chi connectivity index (χ0n) is 16.4. The van der Waals surface area contributed by atoms with E-state index in [1.807, 2.05) is 24.4 Å². The lowest BCUT2D eigenvalue weighted by atomic mass is 9.75. The average molecular weight is 411 g/mol. The van der Waals surface area contributed by atoms with Crippen molar-refractivity contribution in [3.63, 3.8) is 0 Å². The van der Waals surface area contributed by atoms with Crippen molar-refractivity contribution in [3.05, 3.63) is 76.7 Å². The summed E-state index contributed by atoms with van der Waals surface area (Å²) in [6.07, 6.45) is 5.90. The molecule has 0 radical (unpaired) electrons. The fourth-order valence-electron chi connectivity index (χ4n) is 4.47. The zero-order chi connectivity index (χ0) is 20.4. The molecule has 0 saturated heterocycles. The van der Waals surface area contributed by atoms with Gasteiger partial charge < -0.3 is 5.32 Å². The summed E-state index contributed by atoms with van der Waals surface area (Å²) < 4.78 is 13.8. The Morgan fingerprint density at radius 2 is 1.90 bits per heavy atom. The highest BCUT2D eigenvalue weighted by Gasteiger charge is 2.28. The van der Waals surface area contributed by atoms with Crippen LogP contribution < -0.4 is 5.32 Å². The van der Waals surface area contributed by atoms with E-state index in [0.717, 1.165) is 36.6 Å². The summed E-state index contributed by atoms with van der Waals surface area (Å²) in [6, 6.07) is 14.0. The summed E-state index contributed by atoms with van der Waals surface area (Å²) in [5.74, 6) is 0.463. The van der Waals surface area contributed by atoms with Crippen molar-refractivity contribution in [1.29, 1.82) is 0 Å². The number of aromatic nitrogens is 1. The number of carbonyl (C=O) groups is 1. The molecular weight excluding hydrogens is 387 g/mol. The van der Waals surface area contributed by atoms with Gasteiger partial charge in [-0.05, 0) is 86.4 Å². The Balaban J connectivity index is 1.41. The van der Waals surface area contributed by atoms with Crippen molar-refractivity contribution in [2.75, 3.05) is 0 Å². The third kappa shape index (κ3) is 4.27. The average Bonchev–Trinajstić information content (AvgIpc) is 2.73. The number of amides is 1. The smallest absolute Gasteiger partial charge is 0.253 e. The molecule has 0 unspecified atom stereocenters. The second kappa shape index (κ2) is 8.50. The highest BCUT2D eigenvalue weighted by atomic mass is 35.5. The lowest BCUT2D eigenvalue weighted by Gasteiger charge is -2.33. The maximum atomic E-state index is 13.8. The number of hydrogen-bond donors (Lipinski definition) is 1. The molecule has 1 aliphatic rings. The first kappa shape index (κ1) is 19.8. The van der Waals surface area contributed by atoms with Gasteiger partial charge >= 0.3 is 0 Å².